The van der Waals surface area contributed by atoms with Crippen LogP contribution in [0.25, 0.3) is 11.3 Å². The molecule has 0 bridgehead atoms. The zero-order valence-electron chi connectivity index (χ0n) is 15.4. The average molecular weight is 367 g/mol. The van der Waals surface area contributed by atoms with Gasteiger partial charge in [0.05, 0.1) is 18.8 Å². The zero-order valence-corrected chi connectivity index (χ0v) is 15.4. The summed E-state index contributed by atoms with van der Waals surface area (Å²) in [5.41, 5.74) is 2.42. The number of aliphatic hydroxyl groups is 1. The first kappa shape index (κ1) is 18.6. The van der Waals surface area contributed by atoms with Crippen molar-refractivity contribution in [3.05, 3.63) is 65.7 Å². The van der Waals surface area contributed by atoms with E-state index in [-0.39, 0.29) is 11.7 Å². The second kappa shape index (κ2) is 8.01. The van der Waals surface area contributed by atoms with Crippen LogP contribution in [0, 0.1) is 0 Å². The Bertz CT molecular complexity index is 905. The minimum atomic E-state index is -0.918. The van der Waals surface area contributed by atoms with Crippen molar-refractivity contribution >= 4 is 5.91 Å². The van der Waals surface area contributed by atoms with Crippen LogP contribution in [0.4, 0.5) is 0 Å². The fourth-order valence-corrected chi connectivity index (χ4v) is 2.81. The summed E-state index contributed by atoms with van der Waals surface area (Å²) in [6.07, 6.45) is 2.45. The van der Waals surface area contributed by atoms with E-state index in [1.165, 1.54) is 4.90 Å². The maximum Gasteiger partial charge on any atom is 0.292 e. The van der Waals surface area contributed by atoms with Gasteiger partial charge in [-0.15, -0.1) is 0 Å². The van der Waals surface area contributed by atoms with Crippen molar-refractivity contribution < 1.29 is 19.2 Å². The van der Waals surface area contributed by atoms with E-state index >= 15 is 0 Å². The number of hydrogen-bond acceptors (Lipinski definition) is 6. The molecule has 0 aliphatic carbocycles. The topological polar surface area (TPSA) is 88.7 Å². The Labute approximate surface area is 157 Å². The Balaban J connectivity index is 1.91. The normalized spacial score (nSPS) is 11.9. The first-order chi connectivity index (χ1) is 13.0. The SMILES string of the molecule is COc1ccc(-c2noc(C(=O)N(C)Cc3cccnc3)c2C(C)O)cc1. The summed E-state index contributed by atoms with van der Waals surface area (Å²) >= 11 is 0. The van der Waals surface area contributed by atoms with Crippen LogP contribution in [0.15, 0.2) is 53.3 Å². The summed E-state index contributed by atoms with van der Waals surface area (Å²) in [6, 6.07) is 10.9. The maximum absolute atomic E-state index is 12.9. The van der Waals surface area contributed by atoms with Gasteiger partial charge in [-0.25, -0.2) is 0 Å². The molecule has 0 aliphatic rings. The van der Waals surface area contributed by atoms with E-state index in [0.717, 1.165) is 11.1 Å². The molecule has 7 nitrogen and oxygen atoms in total. The molecule has 1 aromatic carbocycles. The van der Waals surface area contributed by atoms with Crippen molar-refractivity contribution in [1.82, 2.24) is 15.0 Å². The fourth-order valence-electron chi connectivity index (χ4n) is 2.81. The molecule has 0 fully saturated rings. The maximum atomic E-state index is 12.9. The highest BCUT2D eigenvalue weighted by Gasteiger charge is 2.28. The minimum Gasteiger partial charge on any atom is -0.497 e. The Morgan fingerprint density at radius 2 is 2.04 bits per heavy atom. The van der Waals surface area contributed by atoms with E-state index in [4.69, 9.17) is 9.26 Å². The van der Waals surface area contributed by atoms with Crippen molar-refractivity contribution in [1.29, 1.82) is 0 Å². The van der Waals surface area contributed by atoms with Gasteiger partial charge in [0.25, 0.3) is 5.91 Å². The van der Waals surface area contributed by atoms with E-state index in [2.05, 4.69) is 10.1 Å². The Morgan fingerprint density at radius 3 is 2.63 bits per heavy atom. The Hall–Kier alpha value is -3.19. The third-order valence-electron chi connectivity index (χ3n) is 4.19. The number of hydrogen-bond donors (Lipinski definition) is 1. The molecule has 3 aromatic rings. The van der Waals surface area contributed by atoms with E-state index < -0.39 is 6.10 Å². The molecule has 3 rings (SSSR count). The largest absolute Gasteiger partial charge is 0.497 e. The summed E-state index contributed by atoms with van der Waals surface area (Å²) in [5.74, 6) is 0.373. The molecule has 1 amide bonds. The number of carbonyl (C=O) groups is 1. The van der Waals surface area contributed by atoms with Gasteiger partial charge in [-0.3, -0.25) is 9.78 Å². The predicted octanol–water partition coefficient (Wildman–Crippen LogP) is 3.07. The van der Waals surface area contributed by atoms with E-state index in [0.29, 0.717) is 23.6 Å². The molecular formula is C20H21N3O4. The number of rotatable bonds is 6. The summed E-state index contributed by atoms with van der Waals surface area (Å²) in [7, 11) is 3.25. The molecule has 0 saturated carbocycles. The number of benzene rings is 1. The molecule has 1 atom stereocenters. The Kier molecular flexibility index (Phi) is 5.52. The first-order valence-corrected chi connectivity index (χ1v) is 8.47. The Morgan fingerprint density at radius 1 is 1.30 bits per heavy atom. The molecule has 2 heterocycles. The number of nitrogens with zero attached hydrogens (tertiary/aromatic N) is 3. The van der Waals surface area contributed by atoms with Crippen molar-refractivity contribution in [3.8, 4) is 17.0 Å². The number of pyridine rings is 1. The van der Waals surface area contributed by atoms with Crippen LogP contribution >= 0.6 is 0 Å². The monoisotopic (exact) mass is 367 g/mol. The van der Waals surface area contributed by atoms with Crippen LogP contribution in [0.2, 0.25) is 0 Å². The predicted molar refractivity (Wildman–Crippen MR) is 99.2 cm³/mol. The standard InChI is InChI=1S/C20H21N3O4/c1-13(24)17-18(15-6-8-16(26-3)9-7-15)22-27-19(17)20(25)23(2)12-14-5-4-10-21-11-14/h4-11,13,24H,12H2,1-3H3. The van der Waals surface area contributed by atoms with Crippen LogP contribution in [0.3, 0.4) is 0 Å². The van der Waals surface area contributed by atoms with Gasteiger partial charge in [-0.05, 0) is 42.8 Å². The van der Waals surface area contributed by atoms with Gasteiger partial charge in [0.1, 0.15) is 11.4 Å². The molecule has 140 valence electrons. The first-order valence-electron chi connectivity index (χ1n) is 8.47. The fraction of sp³-hybridized carbons (Fsp3) is 0.250. The van der Waals surface area contributed by atoms with Crippen LogP contribution < -0.4 is 4.74 Å². The highest BCUT2D eigenvalue weighted by atomic mass is 16.5. The lowest BCUT2D eigenvalue weighted by molar-refractivity contribution is 0.0735. The lowest BCUT2D eigenvalue weighted by Gasteiger charge is -2.16. The molecule has 0 spiro atoms. The zero-order chi connectivity index (χ0) is 19.4. The lowest BCUT2D eigenvalue weighted by Crippen LogP contribution is -2.27. The minimum absolute atomic E-state index is 0.0298. The number of ether oxygens (including phenoxy) is 1. The van der Waals surface area contributed by atoms with Crippen LogP contribution in [-0.2, 0) is 6.54 Å². The summed E-state index contributed by atoms with van der Waals surface area (Å²) < 4.78 is 10.5. The van der Waals surface area contributed by atoms with Crippen molar-refractivity contribution in [2.75, 3.05) is 14.2 Å². The molecule has 1 unspecified atom stereocenters. The summed E-state index contributed by atoms with van der Waals surface area (Å²) in [6.45, 7) is 1.95. The molecule has 27 heavy (non-hydrogen) atoms. The van der Waals surface area contributed by atoms with Crippen LogP contribution in [-0.4, -0.2) is 40.2 Å². The number of carbonyl (C=O) groups excluding carboxylic acids is 1. The highest BCUT2D eigenvalue weighted by molar-refractivity contribution is 5.94. The molecule has 7 heteroatoms. The van der Waals surface area contributed by atoms with E-state index in [1.54, 1.807) is 57.7 Å². The second-order valence-corrected chi connectivity index (χ2v) is 6.20. The average Bonchev–Trinajstić information content (AvgIpc) is 3.13. The summed E-state index contributed by atoms with van der Waals surface area (Å²) in [5, 5.41) is 14.3. The van der Waals surface area contributed by atoms with Gasteiger partial charge in [0.15, 0.2) is 0 Å². The molecule has 0 radical (unpaired) electrons. The smallest absolute Gasteiger partial charge is 0.292 e. The van der Waals surface area contributed by atoms with Crippen molar-refractivity contribution in [3.63, 3.8) is 0 Å². The van der Waals surface area contributed by atoms with Gasteiger partial charge in [0.2, 0.25) is 5.76 Å². The van der Waals surface area contributed by atoms with Gasteiger partial charge < -0.3 is 19.3 Å². The second-order valence-electron chi connectivity index (χ2n) is 6.20. The van der Waals surface area contributed by atoms with Crippen molar-refractivity contribution in [2.24, 2.45) is 0 Å². The molecule has 0 aliphatic heterocycles. The molecular weight excluding hydrogens is 346 g/mol. The van der Waals surface area contributed by atoms with E-state index in [1.807, 2.05) is 12.1 Å². The van der Waals surface area contributed by atoms with Crippen LogP contribution in [0.5, 0.6) is 5.75 Å². The summed E-state index contributed by atoms with van der Waals surface area (Å²) in [4.78, 5) is 18.4. The molecule has 2 aromatic heterocycles. The van der Waals surface area contributed by atoms with Crippen molar-refractivity contribution in [2.45, 2.75) is 19.6 Å². The van der Waals surface area contributed by atoms with Gasteiger partial charge >= 0.3 is 0 Å². The van der Waals surface area contributed by atoms with Gasteiger partial charge in [0, 0.05) is 31.5 Å². The highest BCUT2D eigenvalue weighted by Crippen LogP contribution is 2.32. The number of aromatic nitrogens is 2. The van der Waals surface area contributed by atoms with E-state index in [9.17, 15) is 9.90 Å². The third-order valence-corrected chi connectivity index (χ3v) is 4.19. The molecule has 0 saturated heterocycles. The quantitative estimate of drug-likeness (QED) is 0.720. The number of methoxy groups -OCH3 is 1. The van der Waals surface area contributed by atoms with Crippen LogP contribution in [0.1, 0.15) is 34.7 Å². The number of amides is 1. The molecule has 1 N–H and O–H groups in total. The van der Waals surface area contributed by atoms with Gasteiger partial charge in [-0.1, -0.05) is 11.2 Å². The lowest BCUT2D eigenvalue weighted by atomic mass is 10.0. The van der Waals surface area contributed by atoms with Gasteiger partial charge in [-0.2, -0.15) is 0 Å². The number of aliphatic hydroxyl groups excluding tert-OH is 1. The third kappa shape index (κ3) is 3.98.